The van der Waals surface area contributed by atoms with Gasteiger partial charge in [-0.15, -0.1) is 11.6 Å². The third-order valence-corrected chi connectivity index (χ3v) is 3.18. The van der Waals surface area contributed by atoms with Gasteiger partial charge < -0.3 is 9.47 Å². The Labute approximate surface area is 123 Å². The Morgan fingerprint density at radius 1 is 1.15 bits per heavy atom. The van der Waals surface area contributed by atoms with E-state index >= 15 is 0 Å². The molecule has 0 aliphatic carbocycles. The van der Waals surface area contributed by atoms with E-state index in [1.165, 1.54) is 0 Å². The largest absolute Gasteiger partial charge is 0.497 e. The maximum Gasteiger partial charge on any atom is 0.127 e. The molecule has 0 atom stereocenters. The standard InChI is InChI=1S/C16H14ClNO2/c1-19-15-7-6-14(9-17)16(8-15)20-11-13-4-2-12(10-18)3-5-13/h2-8H,9,11H2,1H3. The molecule has 2 aromatic carbocycles. The van der Waals surface area contributed by atoms with Crippen LogP contribution in [-0.4, -0.2) is 7.11 Å². The molecule has 0 fully saturated rings. The zero-order valence-electron chi connectivity index (χ0n) is 11.1. The molecular weight excluding hydrogens is 274 g/mol. The van der Waals surface area contributed by atoms with Crippen LogP contribution in [0.15, 0.2) is 42.5 Å². The predicted octanol–water partition coefficient (Wildman–Crippen LogP) is 3.88. The van der Waals surface area contributed by atoms with Crippen LogP contribution in [0.3, 0.4) is 0 Å². The Hall–Kier alpha value is -2.18. The quantitative estimate of drug-likeness (QED) is 0.784. The highest BCUT2D eigenvalue weighted by atomic mass is 35.5. The summed E-state index contributed by atoms with van der Waals surface area (Å²) in [7, 11) is 1.61. The van der Waals surface area contributed by atoms with E-state index in [-0.39, 0.29) is 0 Å². The van der Waals surface area contributed by atoms with Gasteiger partial charge in [0.2, 0.25) is 0 Å². The molecule has 0 saturated carbocycles. The summed E-state index contributed by atoms with van der Waals surface area (Å²) in [4.78, 5) is 0. The van der Waals surface area contributed by atoms with Gasteiger partial charge in [-0.2, -0.15) is 5.26 Å². The smallest absolute Gasteiger partial charge is 0.127 e. The lowest BCUT2D eigenvalue weighted by atomic mass is 10.1. The number of halogens is 1. The Morgan fingerprint density at radius 3 is 2.50 bits per heavy atom. The van der Waals surface area contributed by atoms with E-state index in [1.807, 2.05) is 30.3 Å². The van der Waals surface area contributed by atoms with E-state index in [1.54, 1.807) is 19.2 Å². The summed E-state index contributed by atoms with van der Waals surface area (Å²) < 4.78 is 11.0. The van der Waals surface area contributed by atoms with Crippen molar-refractivity contribution < 1.29 is 9.47 Å². The van der Waals surface area contributed by atoms with Crippen LogP contribution in [0.2, 0.25) is 0 Å². The van der Waals surface area contributed by atoms with Crippen molar-refractivity contribution in [2.45, 2.75) is 12.5 Å². The number of hydrogen-bond donors (Lipinski definition) is 0. The van der Waals surface area contributed by atoms with Crippen molar-refractivity contribution >= 4 is 11.6 Å². The van der Waals surface area contributed by atoms with Gasteiger partial charge in [-0.3, -0.25) is 0 Å². The molecule has 0 aliphatic heterocycles. The van der Waals surface area contributed by atoms with E-state index in [2.05, 4.69) is 6.07 Å². The van der Waals surface area contributed by atoms with Crippen LogP contribution in [-0.2, 0) is 12.5 Å². The van der Waals surface area contributed by atoms with Crippen molar-refractivity contribution in [2.24, 2.45) is 0 Å². The highest BCUT2D eigenvalue weighted by Crippen LogP contribution is 2.27. The van der Waals surface area contributed by atoms with Crippen molar-refractivity contribution in [1.29, 1.82) is 5.26 Å². The van der Waals surface area contributed by atoms with E-state index < -0.39 is 0 Å². The van der Waals surface area contributed by atoms with Crippen molar-refractivity contribution in [1.82, 2.24) is 0 Å². The maximum absolute atomic E-state index is 8.75. The lowest BCUT2D eigenvalue weighted by Crippen LogP contribution is -1.98. The van der Waals surface area contributed by atoms with Gasteiger partial charge in [-0.05, 0) is 23.8 Å². The van der Waals surface area contributed by atoms with Crippen LogP contribution in [0.4, 0.5) is 0 Å². The first kappa shape index (κ1) is 14.2. The van der Waals surface area contributed by atoms with Gasteiger partial charge in [0, 0.05) is 11.6 Å². The minimum atomic E-state index is 0.382. The summed E-state index contributed by atoms with van der Waals surface area (Å²) in [5, 5.41) is 8.75. The van der Waals surface area contributed by atoms with Crippen LogP contribution < -0.4 is 9.47 Å². The predicted molar refractivity (Wildman–Crippen MR) is 78.0 cm³/mol. The molecule has 4 heteroatoms. The molecule has 2 aromatic rings. The van der Waals surface area contributed by atoms with Gasteiger partial charge in [-0.1, -0.05) is 18.2 Å². The summed E-state index contributed by atoms with van der Waals surface area (Å²) >= 11 is 5.89. The Kier molecular flexibility index (Phi) is 4.86. The van der Waals surface area contributed by atoms with Crippen molar-refractivity contribution in [2.75, 3.05) is 7.11 Å². The Bertz CT molecular complexity index is 617. The molecule has 0 N–H and O–H groups in total. The maximum atomic E-state index is 8.75. The van der Waals surface area contributed by atoms with Gasteiger partial charge in [-0.25, -0.2) is 0 Å². The highest BCUT2D eigenvalue weighted by molar-refractivity contribution is 6.17. The number of ether oxygens (including phenoxy) is 2. The molecule has 2 rings (SSSR count). The molecule has 0 unspecified atom stereocenters. The van der Waals surface area contributed by atoms with Gasteiger partial charge in [0.1, 0.15) is 18.1 Å². The molecule has 102 valence electrons. The van der Waals surface area contributed by atoms with Crippen LogP contribution >= 0.6 is 11.6 Å². The average molecular weight is 288 g/mol. The summed E-state index contributed by atoms with van der Waals surface area (Å²) in [5.41, 5.74) is 2.55. The Balaban J connectivity index is 2.11. The van der Waals surface area contributed by atoms with E-state index in [9.17, 15) is 0 Å². The number of alkyl halides is 1. The van der Waals surface area contributed by atoms with Crippen molar-refractivity contribution in [3.63, 3.8) is 0 Å². The van der Waals surface area contributed by atoms with Crippen LogP contribution in [0.25, 0.3) is 0 Å². The second-order valence-electron chi connectivity index (χ2n) is 4.20. The van der Waals surface area contributed by atoms with Gasteiger partial charge in [0.15, 0.2) is 0 Å². The molecule has 0 heterocycles. The van der Waals surface area contributed by atoms with E-state index in [0.717, 1.165) is 16.9 Å². The number of rotatable bonds is 5. The molecular formula is C16H14ClNO2. The fourth-order valence-electron chi connectivity index (χ4n) is 1.74. The first-order valence-electron chi connectivity index (χ1n) is 6.11. The fraction of sp³-hybridized carbons (Fsp3) is 0.188. The van der Waals surface area contributed by atoms with E-state index in [4.69, 9.17) is 26.3 Å². The lowest BCUT2D eigenvalue weighted by Gasteiger charge is -2.11. The SMILES string of the molecule is COc1ccc(CCl)c(OCc2ccc(C#N)cc2)c1. The normalized spacial score (nSPS) is 9.85. The summed E-state index contributed by atoms with van der Waals surface area (Å²) in [5.74, 6) is 1.82. The van der Waals surface area contributed by atoms with Crippen LogP contribution in [0.1, 0.15) is 16.7 Å². The number of methoxy groups -OCH3 is 1. The monoisotopic (exact) mass is 287 g/mol. The van der Waals surface area contributed by atoms with Crippen LogP contribution in [0, 0.1) is 11.3 Å². The van der Waals surface area contributed by atoms with Crippen molar-refractivity contribution in [3.8, 4) is 17.6 Å². The summed E-state index contributed by atoms with van der Waals surface area (Å²) in [6, 6.07) is 14.9. The minimum Gasteiger partial charge on any atom is -0.497 e. The molecule has 0 amide bonds. The second kappa shape index (κ2) is 6.83. The zero-order valence-corrected chi connectivity index (χ0v) is 11.9. The Morgan fingerprint density at radius 2 is 1.90 bits per heavy atom. The molecule has 20 heavy (non-hydrogen) atoms. The third kappa shape index (κ3) is 3.43. The number of nitrogens with zero attached hydrogens (tertiary/aromatic N) is 1. The first-order valence-corrected chi connectivity index (χ1v) is 6.65. The number of hydrogen-bond acceptors (Lipinski definition) is 3. The molecule has 0 bridgehead atoms. The summed E-state index contributed by atoms with van der Waals surface area (Å²) in [6.45, 7) is 0.419. The summed E-state index contributed by atoms with van der Waals surface area (Å²) in [6.07, 6.45) is 0. The van der Waals surface area contributed by atoms with Crippen LogP contribution in [0.5, 0.6) is 11.5 Å². The van der Waals surface area contributed by atoms with Gasteiger partial charge >= 0.3 is 0 Å². The average Bonchev–Trinajstić information content (AvgIpc) is 2.53. The van der Waals surface area contributed by atoms with Gasteiger partial charge in [0.25, 0.3) is 0 Å². The second-order valence-corrected chi connectivity index (χ2v) is 4.47. The van der Waals surface area contributed by atoms with Gasteiger partial charge in [0.05, 0.1) is 24.6 Å². The zero-order chi connectivity index (χ0) is 14.4. The first-order chi connectivity index (χ1) is 9.76. The van der Waals surface area contributed by atoms with Crippen molar-refractivity contribution in [3.05, 3.63) is 59.2 Å². The topological polar surface area (TPSA) is 42.2 Å². The molecule has 0 saturated heterocycles. The molecule has 0 spiro atoms. The molecule has 0 aromatic heterocycles. The number of nitriles is 1. The molecule has 3 nitrogen and oxygen atoms in total. The number of benzene rings is 2. The molecule has 0 aliphatic rings. The minimum absolute atomic E-state index is 0.382. The van der Waals surface area contributed by atoms with E-state index in [0.29, 0.717) is 23.8 Å². The third-order valence-electron chi connectivity index (χ3n) is 2.90. The highest BCUT2D eigenvalue weighted by Gasteiger charge is 2.05. The molecule has 0 radical (unpaired) electrons. The lowest BCUT2D eigenvalue weighted by molar-refractivity contribution is 0.301. The fourth-order valence-corrected chi connectivity index (χ4v) is 1.96.